The summed E-state index contributed by atoms with van der Waals surface area (Å²) in [5.41, 5.74) is 0.860. The molecule has 0 spiro atoms. The highest BCUT2D eigenvalue weighted by molar-refractivity contribution is 9.10. The molecule has 0 saturated heterocycles. The van der Waals surface area contributed by atoms with Crippen LogP contribution in [0, 0.1) is 0 Å². The molecule has 0 radical (unpaired) electrons. The van der Waals surface area contributed by atoms with Gasteiger partial charge in [0.05, 0.1) is 12.5 Å². The van der Waals surface area contributed by atoms with Crippen molar-refractivity contribution in [2.45, 2.75) is 23.9 Å². The Morgan fingerprint density at radius 3 is 2.55 bits per heavy atom. The lowest BCUT2D eigenvalue weighted by atomic mass is 9.82. The van der Waals surface area contributed by atoms with Gasteiger partial charge in [-0.05, 0) is 23.8 Å². The molecule has 2 aromatic carbocycles. The Kier molecular flexibility index (Phi) is 2.74. The van der Waals surface area contributed by atoms with Crippen molar-refractivity contribution >= 4 is 21.9 Å². The second-order valence-electron chi connectivity index (χ2n) is 6.00. The molecule has 1 fully saturated rings. The van der Waals surface area contributed by atoms with E-state index < -0.39 is 5.41 Å². The van der Waals surface area contributed by atoms with Crippen LogP contribution >= 0.6 is 15.9 Å². The second kappa shape index (κ2) is 4.35. The van der Waals surface area contributed by atoms with Crippen LogP contribution < -0.4 is 4.74 Å². The Morgan fingerprint density at radius 2 is 1.86 bits per heavy atom. The minimum absolute atomic E-state index is 0.217. The molecule has 1 aliphatic heterocycles. The first kappa shape index (κ1) is 13.8. The average Bonchev–Trinajstić information content (AvgIpc) is 2.93. The number of hydrogen-bond acceptors (Lipinski definition) is 3. The van der Waals surface area contributed by atoms with Crippen LogP contribution in [0.1, 0.15) is 18.1 Å². The molecule has 3 atom stereocenters. The largest absolute Gasteiger partial charge is 0.488 e. The maximum Gasteiger partial charge on any atom is 0.321 e. The van der Waals surface area contributed by atoms with E-state index in [0.29, 0.717) is 0 Å². The number of esters is 1. The molecule has 0 unspecified atom stereocenters. The lowest BCUT2D eigenvalue weighted by molar-refractivity contribution is -0.145. The van der Waals surface area contributed by atoms with Gasteiger partial charge < -0.3 is 9.47 Å². The first-order valence-corrected chi connectivity index (χ1v) is 7.96. The summed E-state index contributed by atoms with van der Waals surface area (Å²) in [6.07, 6.45) is -0.217. The van der Waals surface area contributed by atoms with Crippen LogP contribution in [0.25, 0.3) is 0 Å². The number of benzene rings is 2. The van der Waals surface area contributed by atoms with Crippen molar-refractivity contribution in [3.05, 3.63) is 64.1 Å². The summed E-state index contributed by atoms with van der Waals surface area (Å²) in [6, 6.07) is 15.8. The van der Waals surface area contributed by atoms with Crippen molar-refractivity contribution in [3.63, 3.8) is 0 Å². The van der Waals surface area contributed by atoms with Crippen LogP contribution in [0.4, 0.5) is 0 Å². The zero-order valence-corrected chi connectivity index (χ0v) is 13.9. The van der Waals surface area contributed by atoms with Gasteiger partial charge in [0.25, 0.3) is 0 Å². The van der Waals surface area contributed by atoms with Crippen molar-refractivity contribution < 1.29 is 14.3 Å². The summed E-state index contributed by atoms with van der Waals surface area (Å²) in [4.78, 5) is 12.7. The molecule has 2 aromatic rings. The third kappa shape index (κ3) is 1.39. The van der Waals surface area contributed by atoms with E-state index in [9.17, 15) is 4.79 Å². The lowest BCUT2D eigenvalue weighted by Gasteiger charge is -2.23. The third-order valence-corrected chi connectivity index (χ3v) is 5.68. The molecule has 3 nitrogen and oxygen atoms in total. The van der Waals surface area contributed by atoms with Gasteiger partial charge in [0.15, 0.2) is 0 Å². The Bertz CT molecular complexity index is 770. The molecule has 112 valence electrons. The Hall–Kier alpha value is -1.81. The van der Waals surface area contributed by atoms with Gasteiger partial charge in [-0.1, -0.05) is 53.2 Å². The van der Waals surface area contributed by atoms with Gasteiger partial charge in [-0.15, -0.1) is 0 Å². The number of methoxy groups -OCH3 is 1. The van der Waals surface area contributed by atoms with E-state index in [1.807, 2.05) is 48.5 Å². The number of para-hydroxylation sites is 1. The topological polar surface area (TPSA) is 35.5 Å². The minimum atomic E-state index is -0.767. The molecule has 22 heavy (non-hydrogen) atoms. The summed E-state index contributed by atoms with van der Waals surface area (Å²) in [5, 5.41) is 0. The van der Waals surface area contributed by atoms with Crippen molar-refractivity contribution in [2.24, 2.45) is 0 Å². The molecule has 2 aliphatic rings. The molecule has 0 aromatic heterocycles. The highest BCUT2D eigenvalue weighted by atomic mass is 79.9. The van der Waals surface area contributed by atoms with E-state index in [1.165, 1.54) is 7.11 Å². The van der Waals surface area contributed by atoms with Gasteiger partial charge >= 0.3 is 5.97 Å². The first-order chi connectivity index (χ1) is 10.6. The molecule has 1 heterocycles. The number of rotatable bonds is 2. The standard InChI is InChI=1S/C18H15BrO3/c1-17-13-5-3-4-6-14(13)22-15(17)18(17,16(20)21-2)11-7-9-12(19)10-8-11/h3-10,15H,1-2H3/t15-,17+,18-/m0/s1. The van der Waals surface area contributed by atoms with E-state index in [-0.39, 0.29) is 17.5 Å². The van der Waals surface area contributed by atoms with Gasteiger partial charge in [0.1, 0.15) is 17.3 Å². The Morgan fingerprint density at radius 1 is 1.18 bits per heavy atom. The predicted octanol–water partition coefficient (Wildman–Crippen LogP) is 3.59. The van der Waals surface area contributed by atoms with Crippen LogP contribution in [0.15, 0.2) is 53.0 Å². The van der Waals surface area contributed by atoms with Crippen LogP contribution in [0.3, 0.4) is 0 Å². The summed E-state index contributed by atoms with van der Waals surface area (Å²) in [7, 11) is 1.44. The van der Waals surface area contributed by atoms with Crippen molar-refractivity contribution in [1.82, 2.24) is 0 Å². The Labute approximate surface area is 137 Å². The molecule has 0 amide bonds. The number of fused-ring (bicyclic) bond motifs is 3. The maximum absolute atomic E-state index is 12.7. The number of hydrogen-bond donors (Lipinski definition) is 0. The fourth-order valence-corrected chi connectivity index (χ4v) is 4.29. The molecular weight excluding hydrogens is 344 g/mol. The van der Waals surface area contributed by atoms with Crippen LogP contribution in [0.5, 0.6) is 5.75 Å². The summed E-state index contributed by atoms with van der Waals surface area (Å²) < 4.78 is 12.2. The zero-order chi connectivity index (χ0) is 15.5. The molecule has 0 N–H and O–H groups in total. The van der Waals surface area contributed by atoms with Gasteiger partial charge in [-0.2, -0.15) is 0 Å². The quantitative estimate of drug-likeness (QED) is 0.769. The summed E-state index contributed by atoms with van der Waals surface area (Å²) >= 11 is 3.44. The first-order valence-electron chi connectivity index (χ1n) is 7.17. The fourth-order valence-electron chi connectivity index (χ4n) is 4.03. The summed E-state index contributed by atoms with van der Waals surface area (Å²) in [5.74, 6) is 0.628. The van der Waals surface area contributed by atoms with Crippen LogP contribution in [-0.4, -0.2) is 19.2 Å². The molecule has 4 rings (SSSR count). The Balaban J connectivity index is 1.91. The number of carbonyl (C=O) groups excluding carboxylic acids is 1. The van der Waals surface area contributed by atoms with Gasteiger partial charge in [0.2, 0.25) is 0 Å². The lowest BCUT2D eigenvalue weighted by Crippen LogP contribution is -2.33. The van der Waals surface area contributed by atoms with E-state index in [1.54, 1.807) is 0 Å². The van der Waals surface area contributed by atoms with E-state index >= 15 is 0 Å². The number of carbonyl (C=O) groups is 1. The minimum Gasteiger partial charge on any atom is -0.488 e. The fraction of sp³-hybridized carbons (Fsp3) is 0.278. The smallest absolute Gasteiger partial charge is 0.321 e. The average molecular weight is 359 g/mol. The third-order valence-electron chi connectivity index (χ3n) is 5.15. The highest BCUT2D eigenvalue weighted by Gasteiger charge is 2.85. The van der Waals surface area contributed by atoms with E-state index in [4.69, 9.17) is 9.47 Å². The highest BCUT2D eigenvalue weighted by Crippen LogP contribution is 2.72. The number of ether oxygens (including phenoxy) is 2. The van der Waals surface area contributed by atoms with Gasteiger partial charge in [-0.3, -0.25) is 4.79 Å². The van der Waals surface area contributed by atoms with Crippen LogP contribution in [0.2, 0.25) is 0 Å². The zero-order valence-electron chi connectivity index (χ0n) is 12.3. The SMILES string of the molecule is COC(=O)[C@]1(c2ccc(Br)cc2)[C@H]2Oc3ccccc3[C@]21C. The predicted molar refractivity (Wildman–Crippen MR) is 86.0 cm³/mol. The number of halogens is 1. The van der Waals surface area contributed by atoms with Crippen molar-refractivity contribution in [3.8, 4) is 5.75 Å². The normalized spacial score (nSPS) is 31.0. The van der Waals surface area contributed by atoms with Crippen molar-refractivity contribution in [2.75, 3.05) is 7.11 Å². The maximum atomic E-state index is 12.7. The van der Waals surface area contributed by atoms with E-state index in [2.05, 4.69) is 22.9 Å². The monoisotopic (exact) mass is 358 g/mol. The van der Waals surface area contributed by atoms with Crippen molar-refractivity contribution in [1.29, 1.82) is 0 Å². The molecule has 1 aliphatic carbocycles. The van der Waals surface area contributed by atoms with Gasteiger partial charge in [-0.25, -0.2) is 0 Å². The second-order valence-corrected chi connectivity index (χ2v) is 6.92. The summed E-state index contributed by atoms with van der Waals surface area (Å²) in [6.45, 7) is 2.09. The molecular formula is C18H15BrO3. The molecule has 4 heteroatoms. The molecule has 1 saturated carbocycles. The van der Waals surface area contributed by atoms with E-state index in [0.717, 1.165) is 21.3 Å². The molecule has 0 bridgehead atoms. The van der Waals surface area contributed by atoms with Gasteiger partial charge in [0, 0.05) is 10.0 Å². The van der Waals surface area contributed by atoms with Crippen LogP contribution in [-0.2, 0) is 20.4 Å².